The molecule has 0 heterocycles. The average Bonchev–Trinajstić information content (AvgIpc) is 2.71. The number of thiocarbonyl (C=S) groups is 1. The first kappa shape index (κ1) is 21.4. The molecular formula is C21H18ClN3O4S. The highest BCUT2D eigenvalue weighted by Gasteiger charge is 2.13. The standard InChI is InChI=1S/C21H18ClN3O4S/c1-2-28-20-6-4-3-5-19(20)24-21(30)23-15-11-16(25(26)27)13-18(12-15)29-17-9-7-14(22)8-10-17/h3-13H,2H2,1H3,(H2,23,24,30). The van der Waals surface area contributed by atoms with E-state index >= 15 is 0 Å². The Bertz CT molecular complexity index is 1060. The van der Waals surface area contributed by atoms with Gasteiger partial charge in [-0.1, -0.05) is 23.7 Å². The highest BCUT2D eigenvalue weighted by atomic mass is 35.5. The van der Waals surface area contributed by atoms with E-state index in [0.29, 0.717) is 34.5 Å². The van der Waals surface area contributed by atoms with Crippen LogP contribution in [0.25, 0.3) is 0 Å². The molecule has 7 nitrogen and oxygen atoms in total. The minimum atomic E-state index is -0.499. The quantitative estimate of drug-likeness (QED) is 0.253. The molecule has 3 aromatic carbocycles. The number of nitrogens with one attached hydrogen (secondary N) is 2. The second kappa shape index (κ2) is 9.91. The number of nitro groups is 1. The van der Waals surface area contributed by atoms with Crippen LogP contribution in [0, 0.1) is 10.1 Å². The highest BCUT2D eigenvalue weighted by Crippen LogP contribution is 2.31. The Balaban J connectivity index is 1.79. The molecule has 0 aliphatic heterocycles. The van der Waals surface area contributed by atoms with Gasteiger partial charge in [-0.15, -0.1) is 0 Å². The molecule has 154 valence electrons. The summed E-state index contributed by atoms with van der Waals surface area (Å²) in [5.74, 6) is 1.43. The van der Waals surface area contributed by atoms with Gasteiger partial charge in [0.05, 0.1) is 29.0 Å². The molecule has 0 aliphatic carbocycles. The molecule has 0 bridgehead atoms. The molecule has 9 heteroatoms. The summed E-state index contributed by atoms with van der Waals surface area (Å²) in [5, 5.41) is 18.1. The minimum absolute atomic E-state index is 0.138. The number of nitrogens with zero attached hydrogens (tertiary/aromatic N) is 1. The molecule has 0 saturated carbocycles. The Kier molecular flexibility index (Phi) is 7.05. The van der Waals surface area contributed by atoms with Crippen molar-refractivity contribution >= 4 is 46.0 Å². The topological polar surface area (TPSA) is 85.7 Å². The summed E-state index contributed by atoms with van der Waals surface area (Å²) in [4.78, 5) is 10.8. The molecule has 0 aliphatic rings. The molecule has 0 unspecified atom stereocenters. The van der Waals surface area contributed by atoms with Crippen molar-refractivity contribution in [2.24, 2.45) is 0 Å². The van der Waals surface area contributed by atoms with Crippen LogP contribution in [0.5, 0.6) is 17.2 Å². The van der Waals surface area contributed by atoms with Crippen molar-refractivity contribution in [3.8, 4) is 17.2 Å². The lowest BCUT2D eigenvalue weighted by Gasteiger charge is -2.15. The summed E-state index contributed by atoms with van der Waals surface area (Å²) in [6.45, 7) is 2.40. The molecule has 0 fully saturated rings. The normalized spacial score (nSPS) is 10.2. The number of anilines is 2. The summed E-state index contributed by atoms with van der Waals surface area (Å²) in [6.07, 6.45) is 0. The summed E-state index contributed by atoms with van der Waals surface area (Å²) in [6, 6.07) is 18.3. The fraction of sp³-hybridized carbons (Fsp3) is 0.0952. The summed E-state index contributed by atoms with van der Waals surface area (Å²) < 4.78 is 11.3. The largest absolute Gasteiger partial charge is 0.492 e. The first-order chi connectivity index (χ1) is 14.4. The smallest absolute Gasteiger partial charge is 0.275 e. The third-order valence-electron chi connectivity index (χ3n) is 3.84. The lowest BCUT2D eigenvalue weighted by atomic mass is 10.2. The first-order valence-corrected chi connectivity index (χ1v) is 9.76. The van der Waals surface area contributed by atoms with E-state index in [9.17, 15) is 10.1 Å². The van der Waals surface area contributed by atoms with Crippen molar-refractivity contribution in [1.82, 2.24) is 0 Å². The summed E-state index contributed by atoms with van der Waals surface area (Å²) >= 11 is 11.2. The lowest BCUT2D eigenvalue weighted by molar-refractivity contribution is -0.384. The second-order valence-corrected chi connectivity index (χ2v) is 6.88. The van der Waals surface area contributed by atoms with Crippen LogP contribution in [-0.4, -0.2) is 16.6 Å². The molecule has 0 atom stereocenters. The van der Waals surface area contributed by atoms with Crippen molar-refractivity contribution in [1.29, 1.82) is 0 Å². The van der Waals surface area contributed by atoms with Crippen molar-refractivity contribution in [3.63, 3.8) is 0 Å². The van der Waals surface area contributed by atoms with E-state index in [4.69, 9.17) is 33.3 Å². The zero-order chi connectivity index (χ0) is 21.5. The molecule has 0 aromatic heterocycles. The van der Waals surface area contributed by atoms with Gasteiger partial charge in [-0.05, 0) is 55.5 Å². The van der Waals surface area contributed by atoms with Crippen LogP contribution in [0.15, 0.2) is 66.7 Å². The van der Waals surface area contributed by atoms with Gasteiger partial charge in [-0.25, -0.2) is 0 Å². The van der Waals surface area contributed by atoms with E-state index in [0.717, 1.165) is 0 Å². The van der Waals surface area contributed by atoms with Gasteiger partial charge in [0.1, 0.15) is 17.2 Å². The molecule has 0 radical (unpaired) electrons. The Morgan fingerprint density at radius 3 is 2.50 bits per heavy atom. The van der Waals surface area contributed by atoms with E-state index in [1.54, 1.807) is 30.3 Å². The van der Waals surface area contributed by atoms with E-state index in [1.165, 1.54) is 12.1 Å². The molecule has 0 spiro atoms. The van der Waals surface area contributed by atoms with E-state index < -0.39 is 4.92 Å². The van der Waals surface area contributed by atoms with Gasteiger partial charge in [0.25, 0.3) is 5.69 Å². The Morgan fingerprint density at radius 2 is 1.80 bits per heavy atom. The van der Waals surface area contributed by atoms with Crippen LogP contribution in [0.2, 0.25) is 5.02 Å². The van der Waals surface area contributed by atoms with Gasteiger partial charge in [-0.2, -0.15) is 0 Å². The molecule has 30 heavy (non-hydrogen) atoms. The fourth-order valence-electron chi connectivity index (χ4n) is 2.59. The van der Waals surface area contributed by atoms with Crippen LogP contribution in [0.3, 0.4) is 0 Å². The third-order valence-corrected chi connectivity index (χ3v) is 4.30. The SMILES string of the molecule is CCOc1ccccc1NC(=S)Nc1cc(Oc2ccc(Cl)cc2)cc([N+](=O)[O-])c1. The van der Waals surface area contributed by atoms with Gasteiger partial charge >= 0.3 is 0 Å². The number of hydrogen-bond acceptors (Lipinski definition) is 5. The number of ether oxygens (including phenoxy) is 2. The van der Waals surface area contributed by atoms with Gasteiger partial charge in [0, 0.05) is 17.2 Å². The number of nitro benzene ring substituents is 1. The minimum Gasteiger partial charge on any atom is -0.492 e. The Morgan fingerprint density at radius 1 is 1.07 bits per heavy atom. The predicted molar refractivity (Wildman–Crippen MR) is 122 cm³/mol. The van der Waals surface area contributed by atoms with Crippen LogP contribution in [0.4, 0.5) is 17.1 Å². The molecule has 0 amide bonds. The molecule has 2 N–H and O–H groups in total. The van der Waals surface area contributed by atoms with E-state index in [1.807, 2.05) is 31.2 Å². The zero-order valence-electron chi connectivity index (χ0n) is 15.9. The zero-order valence-corrected chi connectivity index (χ0v) is 17.5. The number of non-ortho nitro benzene ring substituents is 1. The molecule has 0 saturated heterocycles. The highest BCUT2D eigenvalue weighted by molar-refractivity contribution is 7.80. The van der Waals surface area contributed by atoms with Crippen LogP contribution < -0.4 is 20.1 Å². The summed E-state index contributed by atoms with van der Waals surface area (Å²) in [7, 11) is 0. The van der Waals surface area contributed by atoms with Gasteiger partial charge in [0.2, 0.25) is 0 Å². The van der Waals surface area contributed by atoms with Crippen molar-refractivity contribution in [2.75, 3.05) is 17.2 Å². The maximum Gasteiger partial charge on any atom is 0.275 e. The first-order valence-electron chi connectivity index (χ1n) is 8.97. The Labute approximate surface area is 183 Å². The number of para-hydroxylation sites is 2. The van der Waals surface area contributed by atoms with E-state index in [-0.39, 0.29) is 16.5 Å². The number of hydrogen-bond donors (Lipinski definition) is 2. The lowest BCUT2D eigenvalue weighted by Crippen LogP contribution is -2.19. The van der Waals surface area contributed by atoms with Crippen molar-refractivity contribution in [2.45, 2.75) is 6.92 Å². The average molecular weight is 444 g/mol. The van der Waals surface area contributed by atoms with E-state index in [2.05, 4.69) is 10.6 Å². The Hall–Kier alpha value is -3.36. The van der Waals surface area contributed by atoms with Gasteiger partial charge < -0.3 is 20.1 Å². The maximum atomic E-state index is 11.3. The van der Waals surface area contributed by atoms with Gasteiger partial charge in [0.15, 0.2) is 5.11 Å². The second-order valence-electron chi connectivity index (χ2n) is 6.04. The number of benzene rings is 3. The van der Waals surface area contributed by atoms with Crippen molar-refractivity contribution < 1.29 is 14.4 Å². The number of rotatable bonds is 7. The van der Waals surface area contributed by atoms with Crippen LogP contribution >= 0.6 is 23.8 Å². The van der Waals surface area contributed by atoms with Crippen molar-refractivity contribution in [3.05, 3.63) is 81.9 Å². The monoisotopic (exact) mass is 443 g/mol. The molecular weight excluding hydrogens is 426 g/mol. The van der Waals surface area contributed by atoms with Crippen LogP contribution in [0.1, 0.15) is 6.92 Å². The molecule has 3 aromatic rings. The number of halogens is 1. The van der Waals surface area contributed by atoms with Crippen LogP contribution in [-0.2, 0) is 0 Å². The fourth-order valence-corrected chi connectivity index (χ4v) is 2.95. The maximum absolute atomic E-state index is 11.3. The third kappa shape index (κ3) is 5.82. The van der Waals surface area contributed by atoms with Gasteiger partial charge in [-0.3, -0.25) is 10.1 Å². The summed E-state index contributed by atoms with van der Waals surface area (Å²) in [5.41, 5.74) is 0.945. The molecule has 3 rings (SSSR count). The predicted octanol–water partition coefficient (Wildman–Crippen LogP) is 6.25.